The van der Waals surface area contributed by atoms with Gasteiger partial charge in [0.2, 0.25) is 0 Å². The molecule has 0 aromatic carbocycles. The zero-order chi connectivity index (χ0) is 17.7. The molecule has 1 unspecified atom stereocenters. The molecule has 0 spiro atoms. The van der Waals surface area contributed by atoms with Crippen molar-refractivity contribution in [1.82, 2.24) is 14.5 Å². The van der Waals surface area contributed by atoms with Crippen LogP contribution in [0.2, 0.25) is 0 Å². The highest BCUT2D eigenvalue weighted by atomic mass is 31.2. The van der Waals surface area contributed by atoms with E-state index < -0.39 is 30.9 Å². The number of anilines is 1. The molecule has 7 nitrogen and oxygen atoms in total. The molecule has 0 saturated carbocycles. The Morgan fingerprint density at radius 3 is 2.83 bits per heavy atom. The van der Waals surface area contributed by atoms with Gasteiger partial charge < -0.3 is 20.7 Å². The molecule has 0 aliphatic carbocycles. The molecule has 3 heterocycles. The minimum absolute atomic E-state index is 0.454. The smallest absolute Gasteiger partial charge is 0.168 e. The van der Waals surface area contributed by atoms with Crippen molar-refractivity contribution in [2.75, 3.05) is 25.2 Å². The molecule has 4 atom stereocenters. The predicted molar refractivity (Wildman–Crippen MR) is 97.9 cm³/mol. The SMILES string of the molecule is C=P(C)(C)CC[C@H]1OC(n2cnc3c(N)ccnc32)[C@](C)(O)[C@@H]1O. The second-order valence-corrected chi connectivity index (χ2v) is 11.7. The molecule has 4 N–H and O–H groups in total. The highest BCUT2D eigenvalue weighted by molar-refractivity contribution is 7.72. The lowest BCUT2D eigenvalue weighted by Gasteiger charge is -2.27. The van der Waals surface area contributed by atoms with Crippen molar-refractivity contribution in [3.05, 3.63) is 18.6 Å². The van der Waals surface area contributed by atoms with E-state index in [2.05, 4.69) is 29.6 Å². The molecule has 1 saturated heterocycles. The number of ether oxygens (including phenoxy) is 1. The molecule has 2 aromatic rings. The number of imidazole rings is 1. The molecule has 132 valence electrons. The highest BCUT2D eigenvalue weighted by Crippen LogP contribution is 2.43. The first-order chi connectivity index (χ1) is 11.1. The van der Waals surface area contributed by atoms with Gasteiger partial charge in [0.15, 0.2) is 11.9 Å². The Morgan fingerprint density at radius 2 is 2.17 bits per heavy atom. The Balaban J connectivity index is 1.92. The van der Waals surface area contributed by atoms with E-state index in [0.717, 1.165) is 6.16 Å². The number of pyridine rings is 1. The Labute approximate surface area is 141 Å². The number of nitrogens with zero attached hydrogens (tertiary/aromatic N) is 3. The van der Waals surface area contributed by atoms with E-state index in [1.807, 2.05) is 0 Å². The number of rotatable bonds is 4. The Bertz CT molecular complexity index is 798. The normalized spacial score (nSPS) is 31.0. The number of hydrogen-bond donors (Lipinski definition) is 3. The number of aromatic nitrogens is 3. The van der Waals surface area contributed by atoms with E-state index in [1.54, 1.807) is 30.1 Å². The fourth-order valence-electron chi connectivity index (χ4n) is 3.07. The van der Waals surface area contributed by atoms with Crippen LogP contribution in [-0.4, -0.2) is 68.3 Å². The van der Waals surface area contributed by atoms with Gasteiger partial charge in [0.25, 0.3) is 0 Å². The third kappa shape index (κ3) is 2.97. The summed E-state index contributed by atoms with van der Waals surface area (Å²) >= 11 is 0. The lowest BCUT2D eigenvalue weighted by molar-refractivity contribution is -0.0939. The van der Waals surface area contributed by atoms with Gasteiger partial charge >= 0.3 is 0 Å². The summed E-state index contributed by atoms with van der Waals surface area (Å²) in [6, 6.07) is 1.67. The van der Waals surface area contributed by atoms with E-state index in [0.29, 0.717) is 23.3 Å². The van der Waals surface area contributed by atoms with Crippen LogP contribution in [0.4, 0.5) is 5.69 Å². The zero-order valence-corrected chi connectivity index (χ0v) is 15.1. The van der Waals surface area contributed by atoms with Crippen molar-refractivity contribution in [3.63, 3.8) is 0 Å². The molecule has 8 heteroatoms. The minimum Gasteiger partial charge on any atom is -0.397 e. The van der Waals surface area contributed by atoms with E-state index >= 15 is 0 Å². The van der Waals surface area contributed by atoms with Gasteiger partial charge in [-0.1, -0.05) is 0 Å². The van der Waals surface area contributed by atoms with Crippen molar-refractivity contribution in [2.45, 2.75) is 37.4 Å². The number of nitrogens with two attached hydrogens (primary N) is 1. The summed E-state index contributed by atoms with van der Waals surface area (Å²) < 4.78 is 7.65. The summed E-state index contributed by atoms with van der Waals surface area (Å²) in [5.74, 6) is 0. The first-order valence-corrected chi connectivity index (χ1v) is 11.0. The van der Waals surface area contributed by atoms with Crippen LogP contribution in [0, 0.1) is 0 Å². The zero-order valence-electron chi connectivity index (χ0n) is 14.3. The maximum atomic E-state index is 10.8. The van der Waals surface area contributed by atoms with Crippen molar-refractivity contribution in [3.8, 4) is 0 Å². The fraction of sp³-hybridized carbons (Fsp3) is 0.562. The van der Waals surface area contributed by atoms with Crippen LogP contribution in [0.1, 0.15) is 19.6 Å². The van der Waals surface area contributed by atoms with Crippen molar-refractivity contribution in [2.24, 2.45) is 0 Å². The second kappa shape index (κ2) is 5.85. The Hall–Kier alpha value is -1.40. The Morgan fingerprint density at radius 1 is 1.46 bits per heavy atom. The number of fused-ring (bicyclic) bond motifs is 1. The first kappa shape index (κ1) is 17.4. The molecule has 2 aromatic heterocycles. The molecule has 0 amide bonds. The molecule has 24 heavy (non-hydrogen) atoms. The maximum absolute atomic E-state index is 10.8. The molecule has 1 fully saturated rings. The maximum Gasteiger partial charge on any atom is 0.168 e. The topological polar surface area (TPSA) is 106 Å². The minimum atomic E-state index is -1.45. The van der Waals surface area contributed by atoms with Gasteiger partial charge in [-0.25, -0.2) is 9.97 Å². The van der Waals surface area contributed by atoms with Crippen molar-refractivity contribution in [1.29, 1.82) is 0 Å². The predicted octanol–water partition coefficient (Wildman–Crippen LogP) is 1.12. The third-order valence-corrected chi connectivity index (χ3v) is 5.99. The number of aliphatic hydroxyl groups is 2. The molecule has 0 radical (unpaired) electrons. The van der Waals surface area contributed by atoms with Gasteiger partial charge in [-0.15, -0.1) is 13.2 Å². The molecule has 3 rings (SSSR count). The summed E-state index contributed by atoms with van der Waals surface area (Å²) in [5, 5.41) is 21.4. The summed E-state index contributed by atoms with van der Waals surface area (Å²) in [5.41, 5.74) is 6.06. The summed E-state index contributed by atoms with van der Waals surface area (Å²) in [4.78, 5) is 8.55. The lowest BCUT2D eigenvalue weighted by atomic mass is 9.95. The molecular formula is C16H25N4O3P. The second-order valence-electron chi connectivity index (χ2n) is 7.37. The van der Waals surface area contributed by atoms with Gasteiger partial charge in [-0.05, 0) is 38.9 Å². The van der Waals surface area contributed by atoms with Crippen LogP contribution in [0.15, 0.2) is 18.6 Å². The van der Waals surface area contributed by atoms with E-state index in [4.69, 9.17) is 10.5 Å². The standard InChI is InChI=1S/C16H25N4O3P/c1-16(22)13(21)11(6-8-24(2,3)4)23-15(16)20-9-19-12-10(17)5-7-18-14(12)20/h5,7,9,11,13,15,21-22H,2,6,8H2,1,3-4H3,(H2,17,18)/t11-,13-,15?,16-/m1/s1. The summed E-state index contributed by atoms with van der Waals surface area (Å²) in [6.07, 6.45) is 6.63. The van der Waals surface area contributed by atoms with Crippen LogP contribution < -0.4 is 5.73 Å². The Kier molecular flexibility index (Phi) is 4.24. The van der Waals surface area contributed by atoms with Crippen LogP contribution in [0.3, 0.4) is 0 Å². The van der Waals surface area contributed by atoms with Gasteiger partial charge in [0, 0.05) is 6.20 Å². The van der Waals surface area contributed by atoms with Crippen molar-refractivity contribution < 1.29 is 14.9 Å². The van der Waals surface area contributed by atoms with Gasteiger partial charge in [-0.2, -0.15) is 0 Å². The van der Waals surface area contributed by atoms with Crippen LogP contribution in [-0.2, 0) is 4.74 Å². The monoisotopic (exact) mass is 352 g/mol. The fourth-order valence-corrected chi connectivity index (χ4v) is 4.03. The van der Waals surface area contributed by atoms with Crippen LogP contribution >= 0.6 is 6.89 Å². The van der Waals surface area contributed by atoms with Crippen LogP contribution in [0.25, 0.3) is 11.2 Å². The lowest BCUT2D eigenvalue weighted by Crippen LogP contribution is -2.43. The van der Waals surface area contributed by atoms with Crippen molar-refractivity contribution >= 4 is 30.0 Å². The summed E-state index contributed by atoms with van der Waals surface area (Å²) in [7, 11) is 0. The van der Waals surface area contributed by atoms with Gasteiger partial charge in [0.05, 0.1) is 18.1 Å². The average molecular weight is 352 g/mol. The van der Waals surface area contributed by atoms with E-state index in [1.165, 1.54) is 0 Å². The van der Waals surface area contributed by atoms with Gasteiger partial charge in [0.1, 0.15) is 17.2 Å². The average Bonchev–Trinajstić information content (AvgIpc) is 2.99. The number of nitrogen functional groups attached to an aromatic ring is 1. The number of aliphatic hydroxyl groups excluding tert-OH is 1. The quantitative estimate of drug-likeness (QED) is 0.712. The highest BCUT2D eigenvalue weighted by Gasteiger charge is 2.53. The van der Waals surface area contributed by atoms with E-state index in [-0.39, 0.29) is 0 Å². The number of hydrogen-bond acceptors (Lipinski definition) is 6. The van der Waals surface area contributed by atoms with Gasteiger partial charge in [-0.3, -0.25) is 4.57 Å². The van der Waals surface area contributed by atoms with E-state index in [9.17, 15) is 10.2 Å². The first-order valence-electron chi connectivity index (χ1n) is 7.91. The third-order valence-electron chi connectivity index (χ3n) is 4.52. The molecule has 1 aliphatic rings. The molecular weight excluding hydrogens is 327 g/mol. The summed E-state index contributed by atoms with van der Waals surface area (Å²) in [6.45, 7) is 4.62. The molecule has 0 bridgehead atoms. The van der Waals surface area contributed by atoms with Crippen LogP contribution in [0.5, 0.6) is 0 Å². The largest absolute Gasteiger partial charge is 0.397 e. The molecule has 1 aliphatic heterocycles.